The number of nitrogens with zero attached hydrogens (tertiary/aromatic N) is 1. The van der Waals surface area contributed by atoms with Gasteiger partial charge >= 0.3 is 0 Å². The first kappa shape index (κ1) is 21.2. The van der Waals surface area contributed by atoms with Crippen LogP contribution < -0.4 is 10.6 Å². The maximum atomic E-state index is 6.04. The number of nitrogens with one attached hydrogen (secondary N) is 2. The quantitative estimate of drug-likeness (QED) is 0.292. The highest BCUT2D eigenvalue weighted by Crippen LogP contribution is 2.32. The highest BCUT2D eigenvalue weighted by molar-refractivity contribution is 14.0. The third-order valence-corrected chi connectivity index (χ3v) is 4.15. The van der Waals surface area contributed by atoms with Crippen LogP contribution in [-0.4, -0.2) is 46.4 Å². The van der Waals surface area contributed by atoms with E-state index in [1.807, 2.05) is 6.07 Å². The molecule has 0 aromatic heterocycles. The van der Waals surface area contributed by atoms with Crippen LogP contribution in [0, 0.1) is 5.92 Å². The number of ether oxygens (including phenoxy) is 2. The minimum absolute atomic E-state index is 0. The number of benzene rings is 1. The summed E-state index contributed by atoms with van der Waals surface area (Å²) in [6.07, 6.45) is 3.43. The predicted molar refractivity (Wildman–Crippen MR) is 109 cm³/mol. The maximum absolute atomic E-state index is 6.04. The van der Waals surface area contributed by atoms with Gasteiger partial charge in [0.05, 0.1) is 6.10 Å². The molecule has 1 fully saturated rings. The van der Waals surface area contributed by atoms with Crippen molar-refractivity contribution in [2.75, 3.05) is 40.5 Å². The second-order valence-corrected chi connectivity index (χ2v) is 5.83. The third-order valence-electron chi connectivity index (χ3n) is 4.15. The summed E-state index contributed by atoms with van der Waals surface area (Å²) < 4.78 is 11.1. The number of halogens is 1. The maximum Gasteiger partial charge on any atom is 0.190 e. The molecule has 1 aliphatic rings. The van der Waals surface area contributed by atoms with Gasteiger partial charge in [-0.2, -0.15) is 0 Å². The summed E-state index contributed by atoms with van der Waals surface area (Å²) in [5.41, 5.74) is 1.27. The second-order valence-electron chi connectivity index (χ2n) is 5.83. The van der Waals surface area contributed by atoms with Crippen molar-refractivity contribution in [3.05, 3.63) is 35.9 Å². The molecule has 2 rings (SSSR count). The largest absolute Gasteiger partial charge is 0.385 e. The third kappa shape index (κ3) is 6.94. The van der Waals surface area contributed by atoms with Crippen LogP contribution in [-0.2, 0) is 9.47 Å². The Kier molecular flexibility index (Phi) is 11.0. The van der Waals surface area contributed by atoms with E-state index >= 15 is 0 Å². The van der Waals surface area contributed by atoms with Crippen LogP contribution in [0.3, 0.4) is 0 Å². The Morgan fingerprint density at radius 1 is 1.29 bits per heavy atom. The van der Waals surface area contributed by atoms with Crippen LogP contribution in [0.2, 0.25) is 0 Å². The van der Waals surface area contributed by atoms with Crippen LogP contribution in [0.5, 0.6) is 0 Å². The molecule has 1 heterocycles. The summed E-state index contributed by atoms with van der Waals surface area (Å²) in [5, 5.41) is 6.75. The van der Waals surface area contributed by atoms with Crippen molar-refractivity contribution in [1.29, 1.82) is 0 Å². The molecule has 5 nitrogen and oxygen atoms in total. The van der Waals surface area contributed by atoms with Gasteiger partial charge in [-0.05, 0) is 24.8 Å². The van der Waals surface area contributed by atoms with E-state index in [2.05, 4.69) is 39.9 Å². The number of guanidine groups is 1. The van der Waals surface area contributed by atoms with Crippen molar-refractivity contribution in [3.63, 3.8) is 0 Å². The van der Waals surface area contributed by atoms with Crippen molar-refractivity contribution in [1.82, 2.24) is 10.6 Å². The number of hydrogen-bond donors (Lipinski definition) is 2. The molecule has 136 valence electrons. The van der Waals surface area contributed by atoms with Crippen molar-refractivity contribution >= 4 is 29.9 Å². The lowest BCUT2D eigenvalue weighted by Crippen LogP contribution is -2.42. The zero-order valence-electron chi connectivity index (χ0n) is 14.7. The van der Waals surface area contributed by atoms with Crippen molar-refractivity contribution in [2.24, 2.45) is 10.9 Å². The first-order chi connectivity index (χ1) is 11.3. The number of hydrogen-bond acceptors (Lipinski definition) is 3. The molecular formula is C18H30IN3O2. The molecule has 24 heavy (non-hydrogen) atoms. The lowest BCUT2D eigenvalue weighted by atomic mass is 9.89. The van der Waals surface area contributed by atoms with E-state index in [9.17, 15) is 0 Å². The predicted octanol–water partition coefficient (Wildman–Crippen LogP) is 2.97. The Labute approximate surface area is 162 Å². The minimum Gasteiger partial charge on any atom is -0.385 e. The monoisotopic (exact) mass is 447 g/mol. The molecule has 1 aliphatic heterocycles. The average molecular weight is 447 g/mol. The highest BCUT2D eigenvalue weighted by atomic mass is 127. The van der Waals surface area contributed by atoms with Crippen LogP contribution in [0.15, 0.2) is 35.3 Å². The second kappa shape index (κ2) is 12.5. The van der Waals surface area contributed by atoms with Gasteiger partial charge in [0.15, 0.2) is 5.96 Å². The summed E-state index contributed by atoms with van der Waals surface area (Å²) in [4.78, 5) is 4.28. The lowest BCUT2D eigenvalue weighted by Gasteiger charge is -2.32. The molecule has 1 aromatic carbocycles. The van der Waals surface area contributed by atoms with E-state index in [4.69, 9.17) is 9.47 Å². The molecule has 2 atom stereocenters. The van der Waals surface area contributed by atoms with Crippen molar-refractivity contribution < 1.29 is 9.47 Å². The molecule has 2 N–H and O–H groups in total. The molecule has 2 unspecified atom stereocenters. The topological polar surface area (TPSA) is 54.9 Å². The Bertz CT molecular complexity index is 471. The van der Waals surface area contributed by atoms with Crippen LogP contribution in [0.4, 0.5) is 0 Å². The van der Waals surface area contributed by atoms with E-state index < -0.39 is 0 Å². The Balaban J connectivity index is 0.00000288. The van der Waals surface area contributed by atoms with E-state index in [-0.39, 0.29) is 30.1 Å². The number of methoxy groups -OCH3 is 1. The van der Waals surface area contributed by atoms with Crippen LogP contribution >= 0.6 is 24.0 Å². The van der Waals surface area contributed by atoms with Gasteiger partial charge in [0.2, 0.25) is 0 Å². The van der Waals surface area contributed by atoms with Crippen LogP contribution in [0.25, 0.3) is 0 Å². The van der Waals surface area contributed by atoms with E-state index in [0.29, 0.717) is 5.92 Å². The summed E-state index contributed by atoms with van der Waals surface area (Å²) in [6, 6.07) is 10.5. The molecule has 1 saturated heterocycles. The minimum atomic E-state index is 0. The van der Waals surface area contributed by atoms with Gasteiger partial charge in [-0.1, -0.05) is 30.3 Å². The van der Waals surface area contributed by atoms with Gasteiger partial charge in [-0.15, -0.1) is 24.0 Å². The fourth-order valence-corrected chi connectivity index (χ4v) is 2.94. The summed E-state index contributed by atoms with van der Waals surface area (Å²) in [5.74, 6) is 1.31. The number of aliphatic imine (C=N–C) groups is 1. The average Bonchev–Trinajstić information content (AvgIpc) is 2.62. The Morgan fingerprint density at radius 3 is 2.79 bits per heavy atom. The highest BCUT2D eigenvalue weighted by Gasteiger charge is 2.27. The Morgan fingerprint density at radius 2 is 2.08 bits per heavy atom. The van der Waals surface area contributed by atoms with E-state index in [1.165, 1.54) is 12.0 Å². The molecule has 1 aromatic rings. The summed E-state index contributed by atoms with van der Waals surface area (Å²) >= 11 is 0. The van der Waals surface area contributed by atoms with Gasteiger partial charge < -0.3 is 20.1 Å². The lowest BCUT2D eigenvalue weighted by molar-refractivity contribution is -0.0265. The number of rotatable bonds is 7. The van der Waals surface area contributed by atoms with E-state index in [1.54, 1.807) is 14.2 Å². The fraction of sp³-hybridized carbons (Fsp3) is 0.611. The molecule has 0 spiro atoms. The SMILES string of the molecule is CN=C(NCCCOC)NCC1CCCOC1c1ccccc1.I. The van der Waals surface area contributed by atoms with Crippen LogP contribution in [0.1, 0.15) is 30.9 Å². The van der Waals surface area contributed by atoms with E-state index in [0.717, 1.165) is 45.1 Å². The van der Waals surface area contributed by atoms with Gasteiger partial charge in [0.1, 0.15) is 0 Å². The summed E-state index contributed by atoms with van der Waals surface area (Å²) in [6.45, 7) is 3.33. The molecule has 0 radical (unpaired) electrons. The molecule has 0 bridgehead atoms. The first-order valence-corrected chi connectivity index (χ1v) is 8.45. The standard InChI is InChI=1S/C18H29N3O2.HI/c1-19-18(20-11-7-12-22-2)21-14-16-10-6-13-23-17(16)15-8-4-3-5-9-15;/h3-5,8-9,16-17H,6-7,10-14H2,1-2H3,(H2,19,20,21);1H. The molecule has 0 aliphatic carbocycles. The van der Waals surface area contributed by atoms with Gasteiger partial charge in [0.25, 0.3) is 0 Å². The first-order valence-electron chi connectivity index (χ1n) is 8.45. The van der Waals surface area contributed by atoms with Gasteiger partial charge in [-0.25, -0.2) is 0 Å². The molecule has 6 heteroatoms. The smallest absolute Gasteiger partial charge is 0.190 e. The van der Waals surface area contributed by atoms with Crippen molar-refractivity contribution in [3.8, 4) is 0 Å². The van der Waals surface area contributed by atoms with Gasteiger partial charge in [0, 0.05) is 46.4 Å². The molecule has 0 saturated carbocycles. The fourth-order valence-electron chi connectivity index (χ4n) is 2.94. The molecule has 0 amide bonds. The van der Waals surface area contributed by atoms with Crippen molar-refractivity contribution in [2.45, 2.75) is 25.4 Å². The molecular weight excluding hydrogens is 417 g/mol. The van der Waals surface area contributed by atoms with Gasteiger partial charge in [-0.3, -0.25) is 4.99 Å². The normalized spacial score (nSPS) is 21.0. The zero-order chi connectivity index (χ0) is 16.3. The summed E-state index contributed by atoms with van der Waals surface area (Å²) in [7, 11) is 3.53. The Hall–Kier alpha value is -0.860. The zero-order valence-corrected chi connectivity index (χ0v) is 17.0.